The number of carboxylic acid groups (broad SMARTS) is 2. The van der Waals surface area contributed by atoms with Gasteiger partial charge in [-0.2, -0.15) is 26.3 Å². The molecular formula is C27H27F6N5O6S. The average Bonchev–Trinajstić information content (AvgIpc) is 3.55. The Balaban J connectivity index is 0.000000331. The van der Waals surface area contributed by atoms with Crippen molar-refractivity contribution in [2.75, 3.05) is 37.7 Å². The largest absolute Gasteiger partial charge is 0.490 e. The van der Waals surface area contributed by atoms with Crippen LogP contribution in [0.1, 0.15) is 22.5 Å². The normalized spacial score (nSPS) is 16.2. The molecule has 0 bridgehead atoms. The molecule has 2 fully saturated rings. The number of likely N-dealkylation sites (tertiary alicyclic amines) is 1. The zero-order valence-corrected chi connectivity index (χ0v) is 24.0. The van der Waals surface area contributed by atoms with Gasteiger partial charge in [-0.25, -0.2) is 14.6 Å². The molecular weight excluding hydrogens is 636 g/mol. The number of fused-ring (bicyclic) bond motifs is 1. The monoisotopic (exact) mass is 663 g/mol. The standard InChI is InChI=1S/C23H25N5O2S.2C2HF3O2/c29-20(19-15-17-5-4-10-25-21(17)31-19)24-11-14-27-12-8-23(9-13-27)22(30)26-16-28(23)18-6-2-1-3-7-18;2*3-2(4,5)1(6)7/h1-7,10,15H,8-9,11-14,16H2,(H,24,29)(H,26,30);2*(H,6,7). The number of anilines is 1. The van der Waals surface area contributed by atoms with Gasteiger partial charge < -0.3 is 30.6 Å². The molecule has 2 saturated heterocycles. The summed E-state index contributed by atoms with van der Waals surface area (Å²) in [5.41, 5.74) is 0.616. The number of para-hydroxylation sites is 1. The van der Waals surface area contributed by atoms with Crippen molar-refractivity contribution < 1.29 is 55.7 Å². The molecule has 0 radical (unpaired) electrons. The minimum Gasteiger partial charge on any atom is -0.475 e. The SMILES string of the molecule is O=C(NCCN1CCC2(CC1)C(=O)NCN2c1ccccc1)c1cc2cccnc2s1.O=C(O)C(F)(F)F.O=C(O)C(F)(F)F. The van der Waals surface area contributed by atoms with Crippen LogP contribution in [0.2, 0.25) is 0 Å². The number of carboxylic acids is 2. The van der Waals surface area contributed by atoms with Crippen LogP contribution in [0, 0.1) is 0 Å². The lowest BCUT2D eigenvalue weighted by molar-refractivity contribution is -0.193. The highest BCUT2D eigenvalue weighted by molar-refractivity contribution is 7.20. The summed E-state index contributed by atoms with van der Waals surface area (Å²) in [5.74, 6) is -5.44. The molecule has 3 aromatic rings. The summed E-state index contributed by atoms with van der Waals surface area (Å²) in [6.45, 7) is 3.59. The third-order valence-electron chi connectivity index (χ3n) is 6.80. The molecule has 5 rings (SSSR count). The van der Waals surface area contributed by atoms with Crippen LogP contribution in [-0.4, -0.2) is 94.6 Å². The van der Waals surface area contributed by atoms with Gasteiger partial charge in [0.2, 0.25) is 5.91 Å². The second-order valence-corrected chi connectivity index (χ2v) is 10.7. The van der Waals surface area contributed by atoms with Crippen molar-refractivity contribution in [3.05, 3.63) is 59.6 Å². The lowest BCUT2D eigenvalue weighted by Crippen LogP contribution is -2.57. The molecule has 2 aliphatic rings. The van der Waals surface area contributed by atoms with Crippen molar-refractivity contribution >= 4 is 51.0 Å². The summed E-state index contributed by atoms with van der Waals surface area (Å²) >= 11 is 1.42. The van der Waals surface area contributed by atoms with E-state index in [-0.39, 0.29) is 11.8 Å². The van der Waals surface area contributed by atoms with Crippen LogP contribution in [0.15, 0.2) is 54.7 Å². The fourth-order valence-corrected chi connectivity index (χ4v) is 5.50. The van der Waals surface area contributed by atoms with Gasteiger partial charge in [-0.1, -0.05) is 24.3 Å². The number of nitrogens with one attached hydrogen (secondary N) is 2. The van der Waals surface area contributed by atoms with E-state index in [1.165, 1.54) is 11.3 Å². The Morgan fingerprint density at radius 2 is 1.53 bits per heavy atom. The highest BCUT2D eigenvalue weighted by Gasteiger charge is 2.50. The Hall–Kier alpha value is -4.45. The molecule has 0 unspecified atom stereocenters. The van der Waals surface area contributed by atoms with Gasteiger partial charge >= 0.3 is 24.3 Å². The van der Waals surface area contributed by atoms with E-state index in [4.69, 9.17) is 19.8 Å². The Morgan fingerprint density at radius 1 is 0.956 bits per heavy atom. The number of nitrogens with zero attached hydrogens (tertiary/aromatic N) is 3. The van der Waals surface area contributed by atoms with Crippen molar-refractivity contribution in [1.82, 2.24) is 20.5 Å². The second kappa shape index (κ2) is 14.6. The minimum absolute atomic E-state index is 0.0538. The van der Waals surface area contributed by atoms with E-state index in [1.807, 2.05) is 36.4 Å². The van der Waals surface area contributed by atoms with Gasteiger partial charge in [0.1, 0.15) is 10.4 Å². The molecule has 2 aliphatic heterocycles. The fourth-order valence-electron chi connectivity index (χ4n) is 4.58. The van der Waals surface area contributed by atoms with E-state index in [2.05, 4.69) is 37.6 Å². The Labute approximate surface area is 255 Å². The predicted octanol–water partition coefficient (Wildman–Crippen LogP) is 3.72. The predicted molar refractivity (Wildman–Crippen MR) is 150 cm³/mol. The van der Waals surface area contributed by atoms with Crippen molar-refractivity contribution in [2.24, 2.45) is 0 Å². The van der Waals surface area contributed by atoms with Crippen molar-refractivity contribution in [3.8, 4) is 0 Å². The summed E-state index contributed by atoms with van der Waals surface area (Å²) in [6.07, 6.45) is -6.86. The Kier molecular flexibility index (Phi) is 11.3. The molecule has 244 valence electrons. The number of amides is 2. The number of carbonyl (C=O) groups is 4. The second-order valence-electron chi connectivity index (χ2n) is 9.67. The van der Waals surface area contributed by atoms with Crippen molar-refractivity contribution in [3.63, 3.8) is 0 Å². The van der Waals surface area contributed by atoms with Crippen LogP contribution in [0.25, 0.3) is 10.2 Å². The number of hydrogen-bond acceptors (Lipinski definition) is 8. The van der Waals surface area contributed by atoms with Crippen molar-refractivity contribution in [1.29, 1.82) is 0 Å². The maximum absolute atomic E-state index is 12.7. The van der Waals surface area contributed by atoms with Gasteiger partial charge in [-0.15, -0.1) is 11.3 Å². The number of aliphatic carboxylic acids is 2. The first-order valence-corrected chi connectivity index (χ1v) is 13.9. The summed E-state index contributed by atoms with van der Waals surface area (Å²) in [4.78, 5) is 53.4. The molecule has 45 heavy (non-hydrogen) atoms. The number of halogens is 6. The van der Waals surface area contributed by atoms with Crippen LogP contribution >= 0.6 is 11.3 Å². The van der Waals surface area contributed by atoms with Gasteiger partial charge in [-0.3, -0.25) is 9.59 Å². The number of alkyl halides is 6. The highest BCUT2D eigenvalue weighted by Crippen LogP contribution is 2.36. The number of thiophene rings is 1. The topological polar surface area (TPSA) is 152 Å². The van der Waals surface area contributed by atoms with Crippen LogP contribution < -0.4 is 15.5 Å². The van der Waals surface area contributed by atoms with E-state index in [0.717, 1.165) is 48.4 Å². The minimum atomic E-state index is -5.08. The number of benzene rings is 1. The maximum atomic E-state index is 12.7. The van der Waals surface area contributed by atoms with Crippen LogP contribution in [0.5, 0.6) is 0 Å². The molecule has 4 N–H and O–H groups in total. The number of carbonyl (C=O) groups excluding carboxylic acids is 2. The molecule has 0 saturated carbocycles. The first-order valence-electron chi connectivity index (χ1n) is 13.1. The van der Waals surface area contributed by atoms with Crippen LogP contribution in [0.4, 0.5) is 32.0 Å². The Bertz CT molecular complexity index is 1440. The lowest BCUT2D eigenvalue weighted by atomic mass is 9.85. The molecule has 1 aromatic carbocycles. The third-order valence-corrected chi connectivity index (χ3v) is 7.86. The van der Waals surface area contributed by atoms with Crippen molar-refractivity contribution in [2.45, 2.75) is 30.7 Å². The van der Waals surface area contributed by atoms with E-state index < -0.39 is 29.8 Å². The molecule has 1 spiro atoms. The van der Waals surface area contributed by atoms with E-state index in [9.17, 15) is 35.9 Å². The number of aromatic nitrogens is 1. The summed E-state index contributed by atoms with van der Waals surface area (Å²) in [7, 11) is 0. The smallest absolute Gasteiger partial charge is 0.475 e. The fraction of sp³-hybridized carbons (Fsp3) is 0.370. The highest BCUT2D eigenvalue weighted by atomic mass is 32.1. The number of pyridine rings is 1. The molecule has 18 heteroatoms. The zero-order chi connectivity index (χ0) is 33.4. The van der Waals surface area contributed by atoms with Gasteiger partial charge in [-0.05, 0) is 37.1 Å². The molecule has 2 aromatic heterocycles. The van der Waals surface area contributed by atoms with Crippen LogP contribution in [-0.2, 0) is 14.4 Å². The summed E-state index contributed by atoms with van der Waals surface area (Å²) in [6, 6.07) is 15.9. The number of hydrogen-bond donors (Lipinski definition) is 4. The summed E-state index contributed by atoms with van der Waals surface area (Å²) < 4.78 is 63.5. The van der Waals surface area contributed by atoms with Gasteiger partial charge in [0, 0.05) is 43.4 Å². The van der Waals surface area contributed by atoms with E-state index in [1.54, 1.807) is 6.20 Å². The van der Waals surface area contributed by atoms with E-state index >= 15 is 0 Å². The van der Waals surface area contributed by atoms with Gasteiger partial charge in [0.15, 0.2) is 0 Å². The summed E-state index contributed by atoms with van der Waals surface area (Å²) in [5, 5.41) is 21.3. The first-order chi connectivity index (χ1) is 21.0. The number of piperidine rings is 1. The third kappa shape index (κ3) is 9.27. The Morgan fingerprint density at radius 3 is 2.07 bits per heavy atom. The van der Waals surface area contributed by atoms with E-state index in [0.29, 0.717) is 18.1 Å². The quantitative estimate of drug-likeness (QED) is 0.300. The lowest BCUT2D eigenvalue weighted by Gasteiger charge is -2.43. The van der Waals surface area contributed by atoms with Gasteiger partial charge in [0.25, 0.3) is 5.91 Å². The molecule has 11 nitrogen and oxygen atoms in total. The number of rotatable bonds is 5. The molecule has 0 atom stereocenters. The zero-order valence-electron chi connectivity index (χ0n) is 23.2. The first kappa shape index (κ1) is 35.0. The molecule has 4 heterocycles. The molecule has 0 aliphatic carbocycles. The molecule has 2 amide bonds. The van der Waals surface area contributed by atoms with Crippen LogP contribution in [0.3, 0.4) is 0 Å². The maximum Gasteiger partial charge on any atom is 0.490 e. The van der Waals surface area contributed by atoms with Gasteiger partial charge in [0.05, 0.1) is 11.5 Å². The average molecular weight is 664 g/mol.